The van der Waals surface area contributed by atoms with E-state index in [1.54, 1.807) is 23.8 Å². The first-order valence-electron chi connectivity index (χ1n) is 4.57. The lowest BCUT2D eigenvalue weighted by Gasteiger charge is -2.46. The second kappa shape index (κ2) is 3.18. The van der Waals surface area contributed by atoms with Gasteiger partial charge in [-0.25, -0.2) is 4.79 Å². The molecular weight excluding hydrogens is 168 g/mol. The van der Waals surface area contributed by atoms with Crippen molar-refractivity contribution in [1.29, 1.82) is 0 Å². The molecule has 0 aromatic carbocycles. The molecule has 0 aromatic rings. The highest BCUT2D eigenvalue weighted by molar-refractivity contribution is 5.75. The van der Waals surface area contributed by atoms with Gasteiger partial charge in [-0.3, -0.25) is 0 Å². The van der Waals surface area contributed by atoms with Crippen LogP contribution < -0.4 is 0 Å². The fourth-order valence-electron chi connectivity index (χ4n) is 1.36. The monoisotopic (exact) mass is 186 g/mol. The Morgan fingerprint density at radius 3 is 2.31 bits per heavy atom. The van der Waals surface area contributed by atoms with E-state index in [4.69, 9.17) is 0 Å². The lowest BCUT2D eigenvalue weighted by molar-refractivity contribution is -0.0666. The number of urea groups is 1. The summed E-state index contributed by atoms with van der Waals surface area (Å²) in [6.07, 6.45) is 0. The average molecular weight is 186 g/mol. The van der Waals surface area contributed by atoms with Gasteiger partial charge >= 0.3 is 6.03 Å². The van der Waals surface area contributed by atoms with Crippen molar-refractivity contribution >= 4 is 6.03 Å². The van der Waals surface area contributed by atoms with E-state index in [0.717, 1.165) is 0 Å². The summed E-state index contributed by atoms with van der Waals surface area (Å²) in [5.41, 5.74) is -0.673. The fraction of sp³-hybridized carbons (Fsp3) is 0.889. The van der Waals surface area contributed by atoms with Crippen molar-refractivity contribution < 1.29 is 9.90 Å². The quantitative estimate of drug-likeness (QED) is 0.648. The molecular formula is C9H18N2O2. The summed E-state index contributed by atoms with van der Waals surface area (Å²) >= 11 is 0. The van der Waals surface area contributed by atoms with Crippen LogP contribution in [0.1, 0.15) is 20.8 Å². The van der Waals surface area contributed by atoms with Crippen LogP contribution in [0.25, 0.3) is 0 Å². The first kappa shape index (κ1) is 10.3. The molecule has 0 aromatic heterocycles. The Morgan fingerprint density at radius 2 is 2.00 bits per heavy atom. The van der Waals surface area contributed by atoms with Gasteiger partial charge in [-0.2, -0.15) is 0 Å². The third-order valence-corrected chi connectivity index (χ3v) is 2.41. The van der Waals surface area contributed by atoms with Gasteiger partial charge < -0.3 is 14.9 Å². The van der Waals surface area contributed by atoms with Crippen LogP contribution in [-0.2, 0) is 0 Å². The third kappa shape index (κ3) is 2.12. The molecule has 0 atom stereocenters. The molecule has 2 amide bonds. The highest BCUT2D eigenvalue weighted by Crippen LogP contribution is 2.21. The second-order valence-electron chi connectivity index (χ2n) is 4.34. The molecule has 4 nitrogen and oxygen atoms in total. The van der Waals surface area contributed by atoms with E-state index in [1.807, 2.05) is 13.8 Å². The minimum Gasteiger partial charge on any atom is -0.386 e. The Hall–Kier alpha value is -0.770. The van der Waals surface area contributed by atoms with Gasteiger partial charge in [-0.05, 0) is 20.8 Å². The Balaban J connectivity index is 2.43. The van der Waals surface area contributed by atoms with E-state index in [-0.39, 0.29) is 12.1 Å². The molecule has 1 aliphatic rings. The van der Waals surface area contributed by atoms with Crippen molar-refractivity contribution in [2.75, 3.05) is 20.1 Å². The van der Waals surface area contributed by atoms with E-state index in [9.17, 15) is 9.90 Å². The summed E-state index contributed by atoms with van der Waals surface area (Å²) in [5, 5.41) is 9.44. The minimum atomic E-state index is -0.673. The summed E-state index contributed by atoms with van der Waals surface area (Å²) in [4.78, 5) is 14.9. The molecule has 0 spiro atoms. The van der Waals surface area contributed by atoms with E-state index >= 15 is 0 Å². The van der Waals surface area contributed by atoms with Gasteiger partial charge in [0, 0.05) is 13.1 Å². The summed E-state index contributed by atoms with van der Waals surface area (Å²) < 4.78 is 0. The van der Waals surface area contributed by atoms with Gasteiger partial charge in [0.1, 0.15) is 0 Å². The third-order valence-electron chi connectivity index (χ3n) is 2.41. The number of β-amino-alcohol motifs (C(OH)–C–C–N with tert-alkyl or cyclic N) is 1. The van der Waals surface area contributed by atoms with E-state index in [0.29, 0.717) is 13.1 Å². The van der Waals surface area contributed by atoms with Gasteiger partial charge in [-0.1, -0.05) is 0 Å². The van der Waals surface area contributed by atoms with Crippen molar-refractivity contribution in [3.63, 3.8) is 0 Å². The molecule has 1 saturated heterocycles. The molecule has 76 valence electrons. The normalized spacial score (nSPS) is 20.0. The summed E-state index contributed by atoms with van der Waals surface area (Å²) in [6, 6.07) is 0.208. The molecule has 0 saturated carbocycles. The Kier molecular flexibility index (Phi) is 2.52. The van der Waals surface area contributed by atoms with Crippen molar-refractivity contribution in [1.82, 2.24) is 9.80 Å². The summed E-state index contributed by atoms with van der Waals surface area (Å²) in [6.45, 7) is 6.57. The SMILES string of the molecule is CC(C)N(C)C(=O)N1CC(C)(O)C1. The highest BCUT2D eigenvalue weighted by Gasteiger charge is 2.40. The van der Waals surface area contributed by atoms with Gasteiger partial charge in [-0.15, -0.1) is 0 Å². The van der Waals surface area contributed by atoms with Gasteiger partial charge in [0.2, 0.25) is 0 Å². The Bertz CT molecular complexity index is 206. The number of carbonyl (C=O) groups is 1. The topological polar surface area (TPSA) is 43.8 Å². The molecule has 1 rings (SSSR count). The zero-order valence-electron chi connectivity index (χ0n) is 8.74. The molecule has 4 heteroatoms. The minimum absolute atomic E-state index is 0.00141. The smallest absolute Gasteiger partial charge is 0.320 e. The number of hydrogen-bond donors (Lipinski definition) is 1. The number of hydrogen-bond acceptors (Lipinski definition) is 2. The average Bonchev–Trinajstić information content (AvgIpc) is 1.97. The van der Waals surface area contributed by atoms with Crippen LogP contribution in [0.3, 0.4) is 0 Å². The first-order valence-corrected chi connectivity index (χ1v) is 4.57. The first-order chi connectivity index (χ1) is 5.83. The van der Waals surface area contributed by atoms with Crippen LogP contribution in [0.2, 0.25) is 0 Å². The predicted molar refractivity (Wildman–Crippen MR) is 50.5 cm³/mol. The van der Waals surface area contributed by atoms with Crippen LogP contribution in [0, 0.1) is 0 Å². The Morgan fingerprint density at radius 1 is 1.54 bits per heavy atom. The lowest BCUT2D eigenvalue weighted by atomic mass is 9.98. The fourth-order valence-corrected chi connectivity index (χ4v) is 1.36. The molecule has 0 radical (unpaired) electrons. The molecule has 1 fully saturated rings. The van der Waals surface area contributed by atoms with Gasteiger partial charge in [0.25, 0.3) is 0 Å². The maximum Gasteiger partial charge on any atom is 0.320 e. The molecule has 1 aliphatic heterocycles. The van der Waals surface area contributed by atoms with Crippen LogP contribution in [0.15, 0.2) is 0 Å². The number of amides is 2. The zero-order chi connectivity index (χ0) is 10.2. The molecule has 13 heavy (non-hydrogen) atoms. The van der Waals surface area contributed by atoms with Crippen molar-refractivity contribution in [3.05, 3.63) is 0 Å². The molecule has 1 heterocycles. The molecule has 0 aliphatic carbocycles. The van der Waals surface area contributed by atoms with E-state index in [2.05, 4.69) is 0 Å². The number of aliphatic hydroxyl groups is 1. The summed E-state index contributed by atoms with van der Waals surface area (Å²) in [7, 11) is 1.78. The van der Waals surface area contributed by atoms with Gasteiger partial charge in [0.05, 0.1) is 18.7 Å². The Labute approximate surface area is 79.1 Å². The predicted octanol–water partition coefficient (Wildman–Crippen LogP) is 0.513. The number of carbonyl (C=O) groups excluding carboxylic acids is 1. The standard InChI is InChI=1S/C9H18N2O2/c1-7(2)10(4)8(12)11-5-9(3,13)6-11/h7,13H,5-6H2,1-4H3. The molecule has 1 N–H and O–H groups in total. The second-order valence-corrected chi connectivity index (χ2v) is 4.34. The summed E-state index contributed by atoms with van der Waals surface area (Å²) in [5.74, 6) is 0. The highest BCUT2D eigenvalue weighted by atomic mass is 16.3. The van der Waals surface area contributed by atoms with Crippen molar-refractivity contribution in [2.45, 2.75) is 32.4 Å². The van der Waals surface area contributed by atoms with Crippen molar-refractivity contribution in [2.24, 2.45) is 0 Å². The number of nitrogens with zero attached hydrogens (tertiary/aromatic N) is 2. The van der Waals surface area contributed by atoms with Gasteiger partial charge in [0.15, 0.2) is 0 Å². The molecule has 0 bridgehead atoms. The number of rotatable bonds is 1. The molecule has 0 unspecified atom stereocenters. The number of likely N-dealkylation sites (tertiary alicyclic amines) is 1. The van der Waals surface area contributed by atoms with Crippen LogP contribution >= 0.6 is 0 Å². The lowest BCUT2D eigenvalue weighted by Crippen LogP contribution is -2.64. The zero-order valence-corrected chi connectivity index (χ0v) is 8.74. The van der Waals surface area contributed by atoms with Crippen molar-refractivity contribution in [3.8, 4) is 0 Å². The maximum absolute atomic E-state index is 11.6. The van der Waals surface area contributed by atoms with E-state index < -0.39 is 5.60 Å². The maximum atomic E-state index is 11.6. The van der Waals surface area contributed by atoms with E-state index in [1.165, 1.54) is 0 Å². The van der Waals surface area contributed by atoms with Crippen LogP contribution in [0.4, 0.5) is 4.79 Å². The van der Waals surface area contributed by atoms with Crippen LogP contribution in [0.5, 0.6) is 0 Å². The largest absolute Gasteiger partial charge is 0.386 e. The van der Waals surface area contributed by atoms with Crippen LogP contribution in [-0.4, -0.2) is 52.7 Å².